The van der Waals surface area contributed by atoms with E-state index in [9.17, 15) is 9.59 Å². The first-order valence-electron chi connectivity index (χ1n) is 5.40. The van der Waals surface area contributed by atoms with E-state index in [1.54, 1.807) is 38.1 Å². The summed E-state index contributed by atoms with van der Waals surface area (Å²) in [6.07, 6.45) is 0. The highest BCUT2D eigenvalue weighted by atomic mass is 16.4. The number of primary amides is 1. The second-order valence-corrected chi connectivity index (χ2v) is 4.06. The van der Waals surface area contributed by atoms with Crippen LogP contribution in [0.5, 0.6) is 0 Å². The van der Waals surface area contributed by atoms with E-state index in [4.69, 9.17) is 22.3 Å². The highest BCUT2D eigenvalue weighted by Gasteiger charge is 2.14. The van der Waals surface area contributed by atoms with E-state index in [1.807, 2.05) is 0 Å². The lowest BCUT2D eigenvalue weighted by Gasteiger charge is -2.07. The summed E-state index contributed by atoms with van der Waals surface area (Å²) in [4.78, 5) is 20.6. The van der Waals surface area contributed by atoms with Gasteiger partial charge < -0.3 is 22.3 Å². The smallest absolute Gasteiger partial charge is 0.320 e. The van der Waals surface area contributed by atoms with Gasteiger partial charge in [-0.25, -0.2) is 0 Å². The monoisotopic (exact) mass is 253 g/mol. The van der Waals surface area contributed by atoms with Crippen molar-refractivity contribution in [3.63, 3.8) is 0 Å². The number of carboxylic acids is 1. The van der Waals surface area contributed by atoms with Crippen molar-refractivity contribution in [2.45, 2.75) is 19.9 Å². The van der Waals surface area contributed by atoms with E-state index in [1.165, 1.54) is 0 Å². The molecule has 1 rings (SSSR count). The van der Waals surface area contributed by atoms with Gasteiger partial charge in [-0.15, -0.1) is 0 Å². The van der Waals surface area contributed by atoms with E-state index in [0.717, 1.165) is 0 Å². The van der Waals surface area contributed by atoms with Gasteiger partial charge in [0, 0.05) is 5.69 Å². The Labute approximate surface area is 106 Å². The van der Waals surface area contributed by atoms with Crippen molar-refractivity contribution in [2.75, 3.05) is 5.73 Å². The summed E-state index contributed by atoms with van der Waals surface area (Å²) in [5.74, 6) is -1.40. The molecule has 0 unspecified atom stereocenters. The minimum Gasteiger partial charge on any atom is -0.480 e. The average molecular weight is 253 g/mol. The number of nitrogen functional groups attached to an aromatic ring is 1. The van der Waals surface area contributed by atoms with E-state index >= 15 is 0 Å². The summed E-state index contributed by atoms with van der Waals surface area (Å²) in [6.45, 7) is 3.55. The molecule has 0 heterocycles. The van der Waals surface area contributed by atoms with Crippen LogP contribution in [0.1, 0.15) is 24.2 Å². The number of amides is 1. The van der Waals surface area contributed by atoms with E-state index < -0.39 is 17.9 Å². The van der Waals surface area contributed by atoms with Crippen molar-refractivity contribution >= 4 is 17.6 Å². The normalized spacial score (nSPS) is 11.3. The predicted molar refractivity (Wildman–Crippen MR) is 69.8 cm³/mol. The number of anilines is 1. The van der Waals surface area contributed by atoms with Crippen molar-refractivity contribution in [1.29, 1.82) is 0 Å². The molecule has 0 saturated carbocycles. The van der Waals surface area contributed by atoms with Crippen LogP contribution in [0.15, 0.2) is 24.3 Å². The fourth-order valence-electron chi connectivity index (χ4n) is 1.01. The molecule has 0 radical (unpaired) electrons. The second kappa shape index (κ2) is 7.29. The number of nitrogens with two attached hydrogens (primary N) is 3. The summed E-state index contributed by atoms with van der Waals surface area (Å²) < 4.78 is 0. The van der Waals surface area contributed by atoms with E-state index in [-0.39, 0.29) is 5.92 Å². The van der Waals surface area contributed by atoms with Gasteiger partial charge in [0.25, 0.3) is 5.91 Å². The van der Waals surface area contributed by atoms with Crippen molar-refractivity contribution in [3.05, 3.63) is 29.8 Å². The quantitative estimate of drug-likeness (QED) is 0.579. The van der Waals surface area contributed by atoms with Crippen molar-refractivity contribution in [2.24, 2.45) is 17.4 Å². The molecule has 6 heteroatoms. The molecule has 0 bridgehead atoms. The Kier molecular flexibility index (Phi) is 6.44. The van der Waals surface area contributed by atoms with Crippen LogP contribution in [-0.2, 0) is 4.79 Å². The summed E-state index contributed by atoms with van der Waals surface area (Å²) in [5, 5.41) is 8.23. The molecule has 1 aromatic carbocycles. The Morgan fingerprint density at radius 2 is 1.72 bits per heavy atom. The standard InChI is InChI=1S/C7H8N2O.C5H11NO2/c8-6-4-2-1-3-5(6)7(9)10;1-3(2)4(6)5(7)8/h1-4H,8H2,(H2,9,10);3-4H,6H2,1-2H3,(H,7,8)/t;4-/m.0/s1. The number of rotatable bonds is 3. The van der Waals surface area contributed by atoms with E-state index in [2.05, 4.69) is 0 Å². The van der Waals surface area contributed by atoms with Gasteiger partial charge in [-0.05, 0) is 18.1 Å². The molecule has 6 nitrogen and oxygen atoms in total. The molecule has 0 aliphatic heterocycles. The van der Waals surface area contributed by atoms with Crippen LogP contribution in [0, 0.1) is 5.92 Å². The molecule has 0 saturated heterocycles. The lowest BCUT2D eigenvalue weighted by Crippen LogP contribution is -2.34. The van der Waals surface area contributed by atoms with Gasteiger partial charge in [-0.1, -0.05) is 26.0 Å². The van der Waals surface area contributed by atoms with Crippen molar-refractivity contribution in [1.82, 2.24) is 0 Å². The van der Waals surface area contributed by atoms with Gasteiger partial charge in [0.2, 0.25) is 0 Å². The number of benzene rings is 1. The maximum Gasteiger partial charge on any atom is 0.320 e. The maximum atomic E-state index is 10.6. The molecule has 0 aromatic heterocycles. The first kappa shape index (κ1) is 15.9. The van der Waals surface area contributed by atoms with Gasteiger partial charge in [0.1, 0.15) is 6.04 Å². The molecular weight excluding hydrogens is 234 g/mol. The molecule has 0 aliphatic carbocycles. The number of carboxylic acid groups (broad SMARTS) is 1. The molecule has 100 valence electrons. The molecule has 0 aliphatic rings. The lowest BCUT2D eigenvalue weighted by atomic mass is 10.1. The van der Waals surface area contributed by atoms with Crippen LogP contribution >= 0.6 is 0 Å². The number of hydrogen-bond acceptors (Lipinski definition) is 4. The summed E-state index contributed by atoms with van der Waals surface area (Å²) >= 11 is 0. The number of para-hydroxylation sites is 1. The van der Waals surface area contributed by atoms with Crippen LogP contribution in [0.4, 0.5) is 5.69 Å². The van der Waals surface area contributed by atoms with Crippen LogP contribution in [0.25, 0.3) is 0 Å². The molecule has 1 atom stereocenters. The second-order valence-electron chi connectivity index (χ2n) is 4.06. The third-order valence-electron chi connectivity index (χ3n) is 2.23. The molecule has 1 amide bonds. The SMILES string of the molecule is CC(C)[C@H](N)C(=O)O.NC(=O)c1ccccc1N. The van der Waals surface area contributed by atoms with E-state index in [0.29, 0.717) is 11.3 Å². The fourth-order valence-corrected chi connectivity index (χ4v) is 1.01. The Morgan fingerprint density at radius 3 is 1.94 bits per heavy atom. The van der Waals surface area contributed by atoms with Gasteiger partial charge in [0.05, 0.1) is 5.56 Å². The zero-order valence-electron chi connectivity index (χ0n) is 10.5. The number of hydrogen-bond donors (Lipinski definition) is 4. The Hall–Kier alpha value is -2.08. The first-order valence-corrected chi connectivity index (χ1v) is 5.40. The number of carbonyl (C=O) groups is 2. The number of aliphatic carboxylic acids is 1. The highest BCUT2D eigenvalue weighted by Crippen LogP contribution is 2.08. The van der Waals surface area contributed by atoms with Gasteiger partial charge >= 0.3 is 5.97 Å². The Bertz CT molecular complexity index is 419. The Morgan fingerprint density at radius 1 is 1.22 bits per heavy atom. The molecule has 1 aromatic rings. The molecule has 7 N–H and O–H groups in total. The van der Waals surface area contributed by atoms with Crippen LogP contribution in [-0.4, -0.2) is 23.0 Å². The van der Waals surface area contributed by atoms with Crippen molar-refractivity contribution < 1.29 is 14.7 Å². The molecule has 0 spiro atoms. The van der Waals surface area contributed by atoms with Gasteiger partial charge in [0.15, 0.2) is 0 Å². The number of carbonyl (C=O) groups excluding carboxylic acids is 1. The fraction of sp³-hybridized carbons (Fsp3) is 0.333. The Balaban J connectivity index is 0.000000331. The minimum absolute atomic E-state index is 0.0208. The molecular formula is C12H19N3O3. The molecule has 0 fully saturated rings. The lowest BCUT2D eigenvalue weighted by molar-refractivity contribution is -0.139. The maximum absolute atomic E-state index is 10.6. The summed E-state index contributed by atoms with van der Waals surface area (Å²) in [5.41, 5.74) is 16.4. The third kappa shape index (κ3) is 5.31. The third-order valence-corrected chi connectivity index (χ3v) is 2.23. The highest BCUT2D eigenvalue weighted by molar-refractivity contribution is 5.97. The van der Waals surface area contributed by atoms with Gasteiger partial charge in [-0.2, -0.15) is 0 Å². The van der Waals surface area contributed by atoms with Crippen LogP contribution in [0.3, 0.4) is 0 Å². The van der Waals surface area contributed by atoms with Crippen LogP contribution in [0.2, 0.25) is 0 Å². The predicted octanol–water partition coefficient (Wildman–Crippen LogP) is 0.422. The van der Waals surface area contributed by atoms with Gasteiger partial charge in [-0.3, -0.25) is 9.59 Å². The largest absolute Gasteiger partial charge is 0.480 e. The average Bonchev–Trinajstić information content (AvgIpc) is 2.28. The van der Waals surface area contributed by atoms with Crippen LogP contribution < -0.4 is 17.2 Å². The van der Waals surface area contributed by atoms with Crippen molar-refractivity contribution in [3.8, 4) is 0 Å². The zero-order chi connectivity index (χ0) is 14.3. The molecule has 18 heavy (non-hydrogen) atoms. The summed E-state index contributed by atoms with van der Waals surface area (Å²) in [6, 6.07) is 5.99. The minimum atomic E-state index is -0.931. The first-order chi connectivity index (χ1) is 8.27. The zero-order valence-corrected chi connectivity index (χ0v) is 10.5. The topological polar surface area (TPSA) is 132 Å². The summed E-state index contributed by atoms with van der Waals surface area (Å²) in [7, 11) is 0.